The van der Waals surface area contributed by atoms with Gasteiger partial charge >= 0.3 is 6.03 Å². The Kier molecular flexibility index (Phi) is 5.33. The third-order valence-corrected chi connectivity index (χ3v) is 6.23. The lowest BCUT2D eigenvalue weighted by atomic mass is 10.1. The molecule has 0 aromatic heterocycles. The summed E-state index contributed by atoms with van der Waals surface area (Å²) in [7, 11) is 0. The van der Waals surface area contributed by atoms with E-state index in [2.05, 4.69) is 0 Å². The predicted molar refractivity (Wildman–Crippen MR) is 112 cm³/mol. The van der Waals surface area contributed by atoms with Gasteiger partial charge in [-0.05, 0) is 48.2 Å². The van der Waals surface area contributed by atoms with Crippen LogP contribution < -0.4 is 9.64 Å². The number of carbonyl (C=O) groups is 2. The molecule has 0 bridgehead atoms. The summed E-state index contributed by atoms with van der Waals surface area (Å²) < 4.78 is 5.46. The molecule has 2 aliphatic rings. The van der Waals surface area contributed by atoms with Crippen molar-refractivity contribution in [3.63, 3.8) is 0 Å². The number of anilines is 1. The zero-order valence-electron chi connectivity index (χ0n) is 15.2. The summed E-state index contributed by atoms with van der Waals surface area (Å²) in [4.78, 5) is 29.3. The fourth-order valence-corrected chi connectivity index (χ4v) is 4.66. The number of rotatable bonds is 5. The van der Waals surface area contributed by atoms with Gasteiger partial charge in [-0.25, -0.2) is 9.69 Å². The Bertz CT molecular complexity index is 932. The van der Waals surface area contributed by atoms with Gasteiger partial charge in [0.1, 0.15) is 11.0 Å². The zero-order chi connectivity index (χ0) is 19.7. The van der Waals surface area contributed by atoms with Crippen LogP contribution in [0.1, 0.15) is 12.5 Å². The van der Waals surface area contributed by atoms with Crippen LogP contribution in [0.25, 0.3) is 0 Å². The van der Waals surface area contributed by atoms with Crippen LogP contribution in [0.4, 0.5) is 10.5 Å². The van der Waals surface area contributed by atoms with Crippen molar-refractivity contribution in [2.24, 2.45) is 0 Å². The highest BCUT2D eigenvalue weighted by Gasteiger charge is 2.47. The van der Waals surface area contributed by atoms with E-state index < -0.39 is 0 Å². The molecule has 2 aromatic rings. The van der Waals surface area contributed by atoms with E-state index in [4.69, 9.17) is 16.3 Å². The molecule has 1 saturated heterocycles. The van der Waals surface area contributed by atoms with Crippen molar-refractivity contribution in [1.29, 1.82) is 0 Å². The maximum Gasteiger partial charge on any atom is 0.332 e. The quantitative estimate of drug-likeness (QED) is 0.711. The number of benzene rings is 2. The first-order valence-corrected chi connectivity index (χ1v) is 10.3. The average molecular weight is 415 g/mol. The SMILES string of the molecule is CCOc1ccc(N2C(=O)C3SC=CC3N(Cc3ccccc3Cl)C2=O)cc1. The van der Waals surface area contributed by atoms with Crippen molar-refractivity contribution in [1.82, 2.24) is 4.90 Å². The van der Waals surface area contributed by atoms with Crippen molar-refractivity contribution in [3.8, 4) is 5.75 Å². The first kappa shape index (κ1) is 18.9. The van der Waals surface area contributed by atoms with Gasteiger partial charge in [-0.3, -0.25) is 4.79 Å². The third kappa shape index (κ3) is 3.38. The zero-order valence-corrected chi connectivity index (χ0v) is 16.8. The number of ether oxygens (including phenoxy) is 1. The minimum absolute atomic E-state index is 0.204. The Balaban J connectivity index is 1.67. The van der Waals surface area contributed by atoms with E-state index in [0.717, 1.165) is 5.56 Å². The molecule has 3 amide bonds. The van der Waals surface area contributed by atoms with Crippen molar-refractivity contribution < 1.29 is 14.3 Å². The largest absolute Gasteiger partial charge is 0.494 e. The van der Waals surface area contributed by atoms with Gasteiger partial charge in [0.15, 0.2) is 0 Å². The molecule has 1 fully saturated rings. The summed E-state index contributed by atoms with van der Waals surface area (Å²) in [6, 6.07) is 13.8. The number of thioether (sulfide) groups is 1. The molecule has 28 heavy (non-hydrogen) atoms. The van der Waals surface area contributed by atoms with Crippen LogP contribution in [-0.4, -0.2) is 34.7 Å². The summed E-state index contributed by atoms with van der Waals surface area (Å²) in [6.07, 6.45) is 1.91. The highest BCUT2D eigenvalue weighted by molar-refractivity contribution is 8.03. The predicted octanol–water partition coefficient (Wildman–Crippen LogP) is 4.71. The van der Waals surface area contributed by atoms with Crippen molar-refractivity contribution in [2.45, 2.75) is 24.8 Å². The molecule has 0 spiro atoms. The molecule has 7 heteroatoms. The fraction of sp³-hybridized carbons (Fsp3) is 0.238. The first-order valence-electron chi connectivity index (χ1n) is 9.03. The average Bonchev–Trinajstić information content (AvgIpc) is 3.18. The molecule has 144 valence electrons. The lowest BCUT2D eigenvalue weighted by Gasteiger charge is -2.41. The molecule has 4 rings (SSSR count). The summed E-state index contributed by atoms with van der Waals surface area (Å²) >= 11 is 7.75. The molecule has 0 saturated carbocycles. The summed E-state index contributed by atoms with van der Waals surface area (Å²) in [5.74, 6) is 0.496. The molecular formula is C21H19ClN2O3S. The molecule has 2 aromatic carbocycles. The summed E-state index contributed by atoms with van der Waals surface area (Å²) in [5, 5.41) is 2.14. The van der Waals surface area contributed by atoms with Gasteiger partial charge in [0.05, 0.1) is 18.3 Å². The van der Waals surface area contributed by atoms with Gasteiger partial charge < -0.3 is 9.64 Å². The van der Waals surface area contributed by atoms with Crippen LogP contribution in [-0.2, 0) is 11.3 Å². The number of halogens is 1. The first-order chi connectivity index (χ1) is 13.6. The normalized spacial score (nSPS) is 21.2. The summed E-state index contributed by atoms with van der Waals surface area (Å²) in [5.41, 5.74) is 1.39. The van der Waals surface area contributed by atoms with Crippen molar-refractivity contribution >= 4 is 41.0 Å². The molecule has 2 unspecified atom stereocenters. The van der Waals surface area contributed by atoms with Crippen LogP contribution in [0, 0.1) is 0 Å². The second-order valence-corrected chi connectivity index (χ2v) is 7.94. The van der Waals surface area contributed by atoms with E-state index in [9.17, 15) is 9.59 Å². The minimum atomic E-state index is -0.355. The molecule has 2 heterocycles. The number of fused-ring (bicyclic) bond motifs is 1. The maximum absolute atomic E-state index is 13.3. The van der Waals surface area contributed by atoms with E-state index in [-0.39, 0.29) is 23.2 Å². The van der Waals surface area contributed by atoms with E-state index in [1.54, 1.807) is 35.2 Å². The Hall–Kier alpha value is -2.44. The topological polar surface area (TPSA) is 49.9 Å². The molecule has 5 nitrogen and oxygen atoms in total. The monoisotopic (exact) mass is 414 g/mol. The van der Waals surface area contributed by atoms with Gasteiger partial charge in [-0.15, -0.1) is 11.8 Å². The van der Waals surface area contributed by atoms with Gasteiger partial charge in [0, 0.05) is 11.6 Å². The van der Waals surface area contributed by atoms with Gasteiger partial charge in [0.25, 0.3) is 5.91 Å². The number of imide groups is 1. The minimum Gasteiger partial charge on any atom is -0.494 e. The maximum atomic E-state index is 13.3. The Morgan fingerprint density at radius 2 is 1.86 bits per heavy atom. The number of amides is 3. The molecular weight excluding hydrogens is 396 g/mol. The van der Waals surface area contributed by atoms with Crippen LogP contribution in [0.5, 0.6) is 5.75 Å². The third-order valence-electron chi connectivity index (χ3n) is 4.78. The number of carbonyl (C=O) groups excluding carboxylic acids is 2. The Morgan fingerprint density at radius 1 is 1.11 bits per heavy atom. The summed E-state index contributed by atoms with van der Waals surface area (Å²) in [6.45, 7) is 2.80. The Labute approximate surface area is 172 Å². The second kappa shape index (κ2) is 7.89. The van der Waals surface area contributed by atoms with Crippen LogP contribution in [0.2, 0.25) is 5.02 Å². The van der Waals surface area contributed by atoms with Crippen molar-refractivity contribution in [3.05, 3.63) is 70.6 Å². The standard InChI is InChI=1S/C21H19ClN2O3S/c1-2-27-16-9-7-15(8-10-16)24-20(25)19-18(11-12-28-19)23(21(24)26)13-14-5-3-4-6-17(14)22/h3-12,18-19H,2,13H2,1H3. The van der Waals surface area contributed by atoms with Crippen molar-refractivity contribution in [2.75, 3.05) is 11.5 Å². The van der Waals surface area contributed by atoms with E-state index in [0.29, 0.717) is 29.6 Å². The molecule has 0 N–H and O–H groups in total. The van der Waals surface area contributed by atoms with E-state index in [1.165, 1.54) is 16.7 Å². The van der Waals surface area contributed by atoms with E-state index >= 15 is 0 Å². The van der Waals surface area contributed by atoms with Crippen LogP contribution >= 0.6 is 23.4 Å². The van der Waals surface area contributed by atoms with Crippen LogP contribution in [0.3, 0.4) is 0 Å². The fourth-order valence-electron chi connectivity index (χ4n) is 3.42. The van der Waals surface area contributed by atoms with E-state index in [1.807, 2.05) is 36.6 Å². The lowest BCUT2D eigenvalue weighted by Crippen LogP contribution is -2.61. The van der Waals surface area contributed by atoms with Gasteiger partial charge in [-0.1, -0.05) is 35.9 Å². The smallest absolute Gasteiger partial charge is 0.332 e. The van der Waals surface area contributed by atoms with Crippen LogP contribution in [0.15, 0.2) is 60.0 Å². The number of hydrogen-bond donors (Lipinski definition) is 0. The Morgan fingerprint density at radius 3 is 2.57 bits per heavy atom. The lowest BCUT2D eigenvalue weighted by molar-refractivity contribution is -0.119. The highest BCUT2D eigenvalue weighted by atomic mass is 35.5. The number of hydrogen-bond acceptors (Lipinski definition) is 4. The molecule has 0 radical (unpaired) electrons. The molecule has 2 aliphatic heterocycles. The second-order valence-electron chi connectivity index (χ2n) is 6.48. The molecule has 0 aliphatic carbocycles. The van der Waals surface area contributed by atoms with Gasteiger partial charge in [-0.2, -0.15) is 0 Å². The molecule has 2 atom stereocenters. The number of nitrogens with zero attached hydrogens (tertiary/aromatic N) is 2. The highest BCUT2D eigenvalue weighted by Crippen LogP contribution is 2.37. The number of urea groups is 1. The van der Waals surface area contributed by atoms with Gasteiger partial charge in [0.2, 0.25) is 0 Å².